The van der Waals surface area contributed by atoms with Gasteiger partial charge in [-0.1, -0.05) is 17.7 Å². The van der Waals surface area contributed by atoms with Gasteiger partial charge in [-0.3, -0.25) is 9.69 Å². The minimum absolute atomic E-state index is 0.293. The van der Waals surface area contributed by atoms with Gasteiger partial charge in [0.2, 0.25) is 0 Å². The summed E-state index contributed by atoms with van der Waals surface area (Å²) in [7, 11) is 3.84. The molecule has 0 saturated carbocycles. The Bertz CT molecular complexity index is 1900. The second-order valence-electron chi connectivity index (χ2n) is 12.2. The molecule has 2 N–H and O–H groups in total. The summed E-state index contributed by atoms with van der Waals surface area (Å²) in [5.74, 6) is 2.32. The number of hydrogen-bond acceptors (Lipinski definition) is 8. The van der Waals surface area contributed by atoms with E-state index in [4.69, 9.17) is 26.5 Å². The van der Waals surface area contributed by atoms with Crippen molar-refractivity contribution in [2.24, 2.45) is 19.2 Å². The van der Waals surface area contributed by atoms with E-state index >= 15 is 0 Å². The molecule has 1 fully saturated rings. The van der Waals surface area contributed by atoms with Crippen LogP contribution in [0.1, 0.15) is 64.2 Å². The summed E-state index contributed by atoms with van der Waals surface area (Å²) < 4.78 is 10.2. The van der Waals surface area contributed by atoms with Crippen LogP contribution < -0.4 is 10.1 Å². The van der Waals surface area contributed by atoms with Crippen molar-refractivity contribution in [2.45, 2.75) is 54.9 Å². The maximum atomic E-state index is 12.6. The van der Waals surface area contributed by atoms with E-state index in [0.717, 1.165) is 101 Å². The number of carboxylic acids is 1. The molecule has 3 aliphatic heterocycles. The summed E-state index contributed by atoms with van der Waals surface area (Å²) in [5, 5.41) is 27.0. The monoisotopic (exact) mass is 690 g/mol. The van der Waals surface area contributed by atoms with Crippen molar-refractivity contribution in [3.05, 3.63) is 74.8 Å². The lowest BCUT2D eigenvalue weighted by atomic mass is 10.0. The number of carboxylic acid groups (broad SMARTS) is 1. The highest BCUT2D eigenvalue weighted by Crippen LogP contribution is 2.39. The Morgan fingerprint density at radius 2 is 1.98 bits per heavy atom. The summed E-state index contributed by atoms with van der Waals surface area (Å²) in [6.45, 7) is 2.23. The van der Waals surface area contributed by atoms with Crippen LogP contribution in [-0.4, -0.2) is 62.1 Å². The lowest BCUT2D eigenvalue weighted by molar-refractivity contribution is 0.0685. The number of nitrogens with one attached hydrogen (secondary N) is 1. The number of aromatic carboxylic acids is 1. The average molecular weight is 691 g/mol. The van der Waals surface area contributed by atoms with Gasteiger partial charge in [-0.2, -0.15) is 10.2 Å². The Morgan fingerprint density at radius 1 is 1.09 bits per heavy atom. The SMILES string of the molecule is Cn1nc2cc1CSc1cc3c(c(c1)OCCCc1c(C(=O)O)n(C)c4c(c(Cl)ccc14)/C=C1\CCCN1/N=C/CSC2)NCCC3. The number of rotatable bonds is 1. The van der Waals surface area contributed by atoms with E-state index in [1.54, 1.807) is 28.1 Å². The largest absolute Gasteiger partial charge is 0.491 e. The number of ether oxygens (including phenoxy) is 1. The van der Waals surface area contributed by atoms with Gasteiger partial charge in [0.15, 0.2) is 0 Å². The third kappa shape index (κ3) is 6.62. The standard InChI is InChI=1S/C35H39ClN6O3S2/c1-40-33-28-9-10-30(36)29(33)18-24-7-4-13-42(24)38-12-15-46-20-23-17-25(41(2)39-23)21-47-26-16-22-6-3-11-37-32(22)31(19-26)45-14-5-8-27(28)34(40)35(43)44/h9-10,12,16-19,37H,3-8,11,13-15,20-21H2,1-2H3,(H,43,44)/b24-18+,38-12+. The average Bonchev–Trinajstić information content (AvgIpc) is 3.73. The molecule has 0 unspecified atom stereocenters. The maximum absolute atomic E-state index is 12.6. The van der Waals surface area contributed by atoms with Crippen molar-refractivity contribution in [2.75, 3.05) is 30.8 Å². The molecule has 3 aliphatic rings. The van der Waals surface area contributed by atoms with Gasteiger partial charge in [-0.25, -0.2) is 4.79 Å². The fourth-order valence-electron chi connectivity index (χ4n) is 6.87. The van der Waals surface area contributed by atoms with Crippen molar-refractivity contribution in [1.82, 2.24) is 19.4 Å². The summed E-state index contributed by atoms with van der Waals surface area (Å²) in [6, 6.07) is 10.5. The number of fused-ring (bicyclic) bond motifs is 7. The lowest BCUT2D eigenvalue weighted by Crippen LogP contribution is -2.14. The van der Waals surface area contributed by atoms with E-state index in [-0.39, 0.29) is 0 Å². The second-order valence-corrected chi connectivity index (χ2v) is 14.7. The molecule has 5 heterocycles. The zero-order valence-electron chi connectivity index (χ0n) is 26.7. The number of aromatic nitrogens is 3. The predicted molar refractivity (Wildman–Crippen MR) is 193 cm³/mol. The van der Waals surface area contributed by atoms with Gasteiger partial charge in [-0.05, 0) is 80.0 Å². The molecule has 0 radical (unpaired) electrons. The van der Waals surface area contributed by atoms with Gasteiger partial charge in [0, 0.05) is 82.9 Å². The smallest absolute Gasteiger partial charge is 0.352 e. The number of thioether (sulfide) groups is 2. The van der Waals surface area contributed by atoms with Crippen LogP contribution in [0.25, 0.3) is 17.0 Å². The molecule has 0 spiro atoms. The van der Waals surface area contributed by atoms with Crippen molar-refractivity contribution in [1.29, 1.82) is 0 Å². The molecule has 12 heteroatoms. The summed E-state index contributed by atoms with van der Waals surface area (Å²) in [6.07, 6.45) is 9.28. The quantitative estimate of drug-likeness (QED) is 0.211. The number of hydrogen-bond donors (Lipinski definition) is 2. The molecule has 9 nitrogen and oxygen atoms in total. The van der Waals surface area contributed by atoms with Crippen LogP contribution in [0.3, 0.4) is 0 Å². The summed E-state index contributed by atoms with van der Waals surface area (Å²) in [5.41, 5.74) is 8.45. The van der Waals surface area contributed by atoms with E-state index in [1.165, 1.54) is 16.2 Å². The topological polar surface area (TPSA) is 96.9 Å². The minimum Gasteiger partial charge on any atom is -0.491 e. The van der Waals surface area contributed by atoms with E-state index < -0.39 is 5.97 Å². The van der Waals surface area contributed by atoms with E-state index in [0.29, 0.717) is 30.2 Å². The highest BCUT2D eigenvalue weighted by atomic mass is 35.5. The number of benzene rings is 2. The Kier molecular flexibility index (Phi) is 9.47. The van der Waals surface area contributed by atoms with Crippen LogP contribution in [0.4, 0.5) is 5.69 Å². The highest BCUT2D eigenvalue weighted by molar-refractivity contribution is 7.99. The number of halogens is 1. The first-order valence-corrected chi connectivity index (χ1v) is 18.7. The second kappa shape index (κ2) is 13.9. The number of aryl methyl sites for hydroxylation is 4. The van der Waals surface area contributed by atoms with Crippen molar-refractivity contribution in [3.63, 3.8) is 0 Å². The van der Waals surface area contributed by atoms with Crippen LogP contribution >= 0.6 is 35.1 Å². The van der Waals surface area contributed by atoms with Crippen LogP contribution in [-0.2, 0) is 38.4 Å². The van der Waals surface area contributed by atoms with Crippen molar-refractivity contribution < 1.29 is 14.6 Å². The summed E-state index contributed by atoms with van der Waals surface area (Å²) in [4.78, 5) is 13.8. The van der Waals surface area contributed by atoms with Gasteiger partial charge in [0.05, 0.1) is 23.5 Å². The first-order valence-electron chi connectivity index (χ1n) is 16.2. The fourth-order valence-corrected chi connectivity index (χ4v) is 8.71. The lowest BCUT2D eigenvalue weighted by Gasteiger charge is -2.22. The minimum atomic E-state index is -0.945. The first-order chi connectivity index (χ1) is 22.9. The fraction of sp³-hybridized carbons (Fsp3) is 0.400. The molecule has 0 aliphatic carbocycles. The molecule has 2 aromatic carbocycles. The molecule has 8 bridgehead atoms. The van der Waals surface area contributed by atoms with Crippen molar-refractivity contribution >= 4 is 70.0 Å². The third-order valence-corrected chi connectivity index (χ3v) is 11.3. The normalized spacial score (nSPS) is 19.2. The van der Waals surface area contributed by atoms with E-state index in [9.17, 15) is 9.90 Å². The zero-order chi connectivity index (χ0) is 32.5. The molecule has 7 rings (SSSR count). The van der Waals surface area contributed by atoms with Gasteiger partial charge < -0.3 is 19.7 Å². The molecule has 2 aromatic heterocycles. The Hall–Kier alpha value is -3.54. The number of nitrogens with zero attached hydrogens (tertiary/aromatic N) is 5. The maximum Gasteiger partial charge on any atom is 0.352 e. The molecule has 0 amide bonds. The van der Waals surface area contributed by atoms with Crippen LogP contribution in [0.15, 0.2) is 46.0 Å². The number of carbonyl (C=O) groups is 1. The molecule has 0 atom stereocenters. The van der Waals surface area contributed by atoms with Crippen LogP contribution in [0.5, 0.6) is 5.75 Å². The Labute approximate surface area is 288 Å². The van der Waals surface area contributed by atoms with Gasteiger partial charge in [-0.15, -0.1) is 23.5 Å². The number of hydrazone groups is 1. The highest BCUT2D eigenvalue weighted by Gasteiger charge is 2.25. The zero-order valence-corrected chi connectivity index (χ0v) is 29.1. The Morgan fingerprint density at radius 3 is 2.85 bits per heavy atom. The molecular weight excluding hydrogens is 652 g/mol. The van der Waals surface area contributed by atoms with Crippen molar-refractivity contribution in [3.8, 4) is 5.75 Å². The van der Waals surface area contributed by atoms with Gasteiger partial charge in [0.25, 0.3) is 0 Å². The van der Waals surface area contributed by atoms with E-state index in [1.807, 2.05) is 42.1 Å². The summed E-state index contributed by atoms with van der Waals surface area (Å²) >= 11 is 10.4. The first kappa shape index (κ1) is 32.0. The van der Waals surface area contributed by atoms with E-state index in [2.05, 4.69) is 29.6 Å². The van der Waals surface area contributed by atoms with Crippen LogP contribution in [0, 0.1) is 0 Å². The molecule has 4 aromatic rings. The molecule has 47 heavy (non-hydrogen) atoms. The number of anilines is 1. The van der Waals surface area contributed by atoms with Gasteiger partial charge in [0.1, 0.15) is 11.4 Å². The number of allylic oxidation sites excluding steroid dienone is 1. The Balaban J connectivity index is 1.25. The molecular formula is C35H39ClN6O3S2. The molecule has 1 saturated heterocycles. The van der Waals surface area contributed by atoms with Crippen LogP contribution in [0.2, 0.25) is 5.02 Å². The third-order valence-electron chi connectivity index (χ3n) is 9.08. The molecule has 246 valence electrons. The van der Waals surface area contributed by atoms with Gasteiger partial charge >= 0.3 is 5.97 Å². The predicted octanol–water partition coefficient (Wildman–Crippen LogP) is 7.59.